The molecule has 0 fully saturated rings. The first kappa shape index (κ1) is 20.7. The van der Waals surface area contributed by atoms with Gasteiger partial charge in [0.15, 0.2) is 10.2 Å². The number of benzene rings is 2. The first-order chi connectivity index (χ1) is 16.0. The van der Waals surface area contributed by atoms with Crippen molar-refractivity contribution in [1.82, 2.24) is 10.3 Å². The maximum absolute atomic E-state index is 12.5. The number of hydrogen-bond donors (Lipinski definition) is 2. The molecule has 0 atom stereocenters. The fraction of sp³-hybridized carbons (Fsp3) is 0. The van der Waals surface area contributed by atoms with Crippen LogP contribution in [-0.4, -0.2) is 16.0 Å². The summed E-state index contributed by atoms with van der Waals surface area (Å²) >= 11 is 6.37. The second-order valence-electron chi connectivity index (χ2n) is 6.92. The average Bonchev–Trinajstić information content (AvgIpc) is 3.26. The standard InChI is InChI=1S/C23H13N3O5S2/c27-19(15-10-13-6-2-4-8-18(13)31-21(15)29)25-22(32)26-23-24-16(11-33-23)14-9-12-5-1-3-7-17(12)30-20(14)28/h1-11H,(H2,24,25,26,27,32). The summed E-state index contributed by atoms with van der Waals surface area (Å²) in [4.78, 5) is 41.4. The average molecular weight is 476 g/mol. The van der Waals surface area contributed by atoms with Crippen LogP contribution in [0.5, 0.6) is 0 Å². The highest BCUT2D eigenvalue weighted by molar-refractivity contribution is 7.80. The lowest BCUT2D eigenvalue weighted by atomic mass is 10.1. The van der Waals surface area contributed by atoms with E-state index in [0.717, 1.165) is 5.39 Å². The molecule has 0 saturated carbocycles. The van der Waals surface area contributed by atoms with E-state index in [0.29, 0.717) is 32.9 Å². The lowest BCUT2D eigenvalue weighted by Gasteiger charge is -2.07. The second kappa shape index (κ2) is 8.41. The van der Waals surface area contributed by atoms with Crippen molar-refractivity contribution in [2.75, 3.05) is 5.32 Å². The number of nitrogens with zero attached hydrogens (tertiary/aromatic N) is 1. The molecule has 0 bridgehead atoms. The van der Waals surface area contributed by atoms with Gasteiger partial charge in [-0.3, -0.25) is 10.1 Å². The van der Waals surface area contributed by atoms with Crippen LogP contribution in [0.15, 0.2) is 84.5 Å². The molecule has 162 valence electrons. The van der Waals surface area contributed by atoms with Crippen molar-refractivity contribution in [3.63, 3.8) is 0 Å². The van der Waals surface area contributed by atoms with Gasteiger partial charge in [-0.1, -0.05) is 36.4 Å². The van der Waals surface area contributed by atoms with E-state index >= 15 is 0 Å². The Labute approximate surface area is 194 Å². The van der Waals surface area contributed by atoms with Gasteiger partial charge in [0, 0.05) is 16.2 Å². The molecule has 0 spiro atoms. The van der Waals surface area contributed by atoms with Gasteiger partial charge in [-0.25, -0.2) is 14.6 Å². The first-order valence-electron chi connectivity index (χ1n) is 9.62. The van der Waals surface area contributed by atoms with E-state index in [1.165, 1.54) is 17.4 Å². The number of thiazole rings is 1. The van der Waals surface area contributed by atoms with Crippen LogP contribution in [-0.2, 0) is 0 Å². The van der Waals surface area contributed by atoms with Crippen molar-refractivity contribution in [3.05, 3.63) is 92.4 Å². The summed E-state index contributed by atoms with van der Waals surface area (Å²) in [5.74, 6) is -0.709. The molecule has 33 heavy (non-hydrogen) atoms. The molecule has 0 radical (unpaired) electrons. The molecule has 0 aliphatic carbocycles. The van der Waals surface area contributed by atoms with Crippen LogP contribution in [0.1, 0.15) is 10.4 Å². The SMILES string of the molecule is O=C(NC(=S)Nc1nc(-c2cc3ccccc3oc2=O)cs1)c1cc2ccccc2oc1=O. The quantitative estimate of drug-likeness (QED) is 0.295. The Balaban J connectivity index is 1.33. The molecular formula is C23H13N3O5S2. The molecule has 1 amide bonds. The summed E-state index contributed by atoms with van der Waals surface area (Å²) in [5.41, 5.74) is 0.132. The number of fused-ring (bicyclic) bond motifs is 2. The van der Waals surface area contributed by atoms with Gasteiger partial charge >= 0.3 is 11.3 Å². The third-order valence-electron chi connectivity index (χ3n) is 4.76. The number of thiocarbonyl (C=S) groups is 1. The largest absolute Gasteiger partial charge is 0.422 e. The molecular weight excluding hydrogens is 462 g/mol. The van der Waals surface area contributed by atoms with E-state index in [1.54, 1.807) is 47.8 Å². The van der Waals surface area contributed by atoms with Gasteiger partial charge in [0.1, 0.15) is 16.7 Å². The Kier molecular flexibility index (Phi) is 5.29. The molecule has 3 heterocycles. The number of rotatable bonds is 3. The fourth-order valence-electron chi connectivity index (χ4n) is 3.21. The molecule has 0 unspecified atom stereocenters. The highest BCUT2D eigenvalue weighted by atomic mass is 32.1. The Bertz CT molecular complexity index is 1670. The fourth-order valence-corrected chi connectivity index (χ4v) is 4.18. The van der Waals surface area contributed by atoms with Crippen molar-refractivity contribution < 1.29 is 13.6 Å². The molecule has 0 saturated heterocycles. The third kappa shape index (κ3) is 4.16. The van der Waals surface area contributed by atoms with Crippen molar-refractivity contribution in [1.29, 1.82) is 0 Å². The normalized spacial score (nSPS) is 10.9. The molecule has 5 aromatic rings. The van der Waals surface area contributed by atoms with Crippen molar-refractivity contribution in [3.8, 4) is 11.3 Å². The molecule has 10 heteroatoms. The predicted octanol–water partition coefficient (Wildman–Crippen LogP) is 4.15. The molecule has 3 aromatic heterocycles. The van der Waals surface area contributed by atoms with E-state index < -0.39 is 17.2 Å². The number of carbonyl (C=O) groups excluding carboxylic acids is 1. The zero-order valence-corrected chi connectivity index (χ0v) is 18.3. The number of para-hydroxylation sites is 2. The lowest BCUT2D eigenvalue weighted by molar-refractivity contribution is 0.0974. The number of aromatic nitrogens is 1. The van der Waals surface area contributed by atoms with Crippen molar-refractivity contribution in [2.45, 2.75) is 0 Å². The maximum Gasteiger partial charge on any atom is 0.349 e. The van der Waals surface area contributed by atoms with Crippen LogP contribution in [0.3, 0.4) is 0 Å². The monoisotopic (exact) mass is 475 g/mol. The van der Waals surface area contributed by atoms with Gasteiger partial charge in [0.25, 0.3) is 5.91 Å². The minimum absolute atomic E-state index is 0.0565. The number of amides is 1. The minimum atomic E-state index is -0.770. The third-order valence-corrected chi connectivity index (χ3v) is 5.72. The smallest absolute Gasteiger partial charge is 0.349 e. The van der Waals surface area contributed by atoms with Crippen LogP contribution in [0.25, 0.3) is 33.2 Å². The van der Waals surface area contributed by atoms with E-state index in [9.17, 15) is 14.4 Å². The Morgan fingerprint density at radius 1 is 0.909 bits per heavy atom. The second-order valence-corrected chi connectivity index (χ2v) is 8.18. The highest BCUT2D eigenvalue weighted by Crippen LogP contribution is 2.25. The number of nitrogens with one attached hydrogen (secondary N) is 2. The van der Waals surface area contributed by atoms with Gasteiger partial charge in [0.05, 0.1) is 11.3 Å². The van der Waals surface area contributed by atoms with Gasteiger partial charge in [-0.2, -0.15) is 0 Å². The maximum atomic E-state index is 12.5. The Morgan fingerprint density at radius 3 is 2.27 bits per heavy atom. The molecule has 5 rings (SSSR count). The molecule has 8 nitrogen and oxygen atoms in total. The van der Waals surface area contributed by atoms with Crippen LogP contribution in [0.4, 0.5) is 5.13 Å². The summed E-state index contributed by atoms with van der Waals surface area (Å²) in [6.07, 6.45) is 0. The van der Waals surface area contributed by atoms with Gasteiger partial charge in [-0.05, 0) is 36.5 Å². The van der Waals surface area contributed by atoms with Gasteiger partial charge < -0.3 is 14.2 Å². The molecule has 0 aliphatic rings. The Morgan fingerprint density at radius 2 is 1.55 bits per heavy atom. The molecule has 0 aliphatic heterocycles. The van der Waals surface area contributed by atoms with Crippen LogP contribution < -0.4 is 21.9 Å². The lowest BCUT2D eigenvalue weighted by Crippen LogP contribution is -2.36. The van der Waals surface area contributed by atoms with Crippen LogP contribution >= 0.6 is 23.6 Å². The summed E-state index contributed by atoms with van der Waals surface area (Å²) in [6.45, 7) is 0. The minimum Gasteiger partial charge on any atom is -0.422 e. The molecule has 2 aromatic carbocycles. The zero-order valence-electron chi connectivity index (χ0n) is 16.7. The van der Waals surface area contributed by atoms with Crippen molar-refractivity contribution >= 4 is 61.6 Å². The topological polar surface area (TPSA) is 114 Å². The zero-order chi connectivity index (χ0) is 22.9. The number of hydrogen-bond acceptors (Lipinski definition) is 8. The number of anilines is 1. The summed E-state index contributed by atoms with van der Waals surface area (Å²) < 4.78 is 10.5. The Hall–Kier alpha value is -4.15. The summed E-state index contributed by atoms with van der Waals surface area (Å²) in [6, 6.07) is 17.2. The van der Waals surface area contributed by atoms with Gasteiger partial charge in [-0.15, -0.1) is 11.3 Å². The van der Waals surface area contributed by atoms with Crippen LogP contribution in [0, 0.1) is 0 Å². The first-order valence-corrected chi connectivity index (χ1v) is 10.9. The van der Waals surface area contributed by atoms with E-state index in [4.69, 9.17) is 21.1 Å². The van der Waals surface area contributed by atoms with E-state index in [2.05, 4.69) is 15.6 Å². The van der Waals surface area contributed by atoms with Crippen molar-refractivity contribution in [2.24, 2.45) is 0 Å². The van der Waals surface area contributed by atoms with Gasteiger partial charge in [0.2, 0.25) is 0 Å². The summed E-state index contributed by atoms with van der Waals surface area (Å²) in [7, 11) is 0. The van der Waals surface area contributed by atoms with E-state index in [1.807, 2.05) is 12.1 Å². The molecule has 2 N–H and O–H groups in total. The summed E-state index contributed by atoms with van der Waals surface area (Å²) in [5, 5.41) is 8.58. The highest BCUT2D eigenvalue weighted by Gasteiger charge is 2.16. The predicted molar refractivity (Wildman–Crippen MR) is 130 cm³/mol. The van der Waals surface area contributed by atoms with Crippen LogP contribution in [0.2, 0.25) is 0 Å². The van der Waals surface area contributed by atoms with E-state index in [-0.39, 0.29) is 10.7 Å². The number of carbonyl (C=O) groups is 1.